The minimum Gasteiger partial charge on any atom is -0.548 e. The maximum absolute atomic E-state index is 11.2. The smallest absolute Gasteiger partial charge is 0.548 e. The molecule has 2 N–H and O–H groups in total. The van der Waals surface area contributed by atoms with Gasteiger partial charge in [-0.15, -0.1) is 0 Å². The van der Waals surface area contributed by atoms with Gasteiger partial charge in [0.15, 0.2) is 0 Å². The van der Waals surface area contributed by atoms with Crippen molar-refractivity contribution in [2.24, 2.45) is 0 Å². The van der Waals surface area contributed by atoms with Crippen LogP contribution in [0.3, 0.4) is 0 Å². The van der Waals surface area contributed by atoms with Gasteiger partial charge < -0.3 is 30.4 Å². The molecule has 0 bridgehead atoms. The predicted octanol–water partition coefficient (Wildman–Crippen LogP) is -0.741. The van der Waals surface area contributed by atoms with Gasteiger partial charge in [-0.1, -0.05) is 23.2 Å². The van der Waals surface area contributed by atoms with E-state index in [1.165, 1.54) is 24.3 Å². The van der Waals surface area contributed by atoms with Gasteiger partial charge in [-0.05, 0) is 48.5 Å². The molecule has 2 aromatic carbocycles. The quantitative estimate of drug-likeness (QED) is 0.557. The van der Waals surface area contributed by atoms with Crippen LogP contribution in [0.2, 0.25) is 10.0 Å². The Morgan fingerprint density at radius 2 is 0.931 bits per heavy atom. The Hall–Kier alpha value is -2.33. The maximum Gasteiger partial charge on any atom is 2.00 e. The molecule has 2 aromatic rings. The van der Waals surface area contributed by atoms with Crippen LogP contribution in [0.1, 0.15) is 20.7 Å². The second kappa shape index (κ2) is 13.8. The Kier molecular flexibility index (Phi) is 12.7. The molecule has 11 heteroatoms. The van der Waals surface area contributed by atoms with Gasteiger partial charge in [-0.25, -0.2) is 0 Å². The van der Waals surface area contributed by atoms with Crippen molar-refractivity contribution in [2.45, 2.75) is 0 Å². The largest absolute Gasteiger partial charge is 2.00 e. The van der Waals surface area contributed by atoms with Crippen molar-refractivity contribution in [3.63, 3.8) is 0 Å². The molecule has 0 atom stereocenters. The number of carboxylic acid groups (broad SMARTS) is 2. The first-order chi connectivity index (χ1) is 13.2. The van der Waals surface area contributed by atoms with Crippen LogP contribution < -0.4 is 20.8 Å². The summed E-state index contributed by atoms with van der Waals surface area (Å²) in [6.45, 7) is -0.997. The maximum atomic E-state index is 11.2. The van der Waals surface area contributed by atoms with Gasteiger partial charge in [0.25, 0.3) is 11.8 Å². The molecule has 0 saturated carbocycles. The zero-order valence-electron chi connectivity index (χ0n) is 14.9. The third-order valence-corrected chi connectivity index (χ3v) is 3.50. The Bertz CT molecular complexity index is 773. The van der Waals surface area contributed by atoms with Gasteiger partial charge in [0.05, 0.1) is 25.0 Å². The molecule has 148 valence electrons. The number of hydrogen-bond donors (Lipinski definition) is 2. The molecule has 0 radical (unpaired) electrons. The molecule has 0 unspecified atom stereocenters. The van der Waals surface area contributed by atoms with Gasteiger partial charge in [0, 0.05) is 21.2 Å². The Balaban J connectivity index is 0.000000523. The minimum absolute atomic E-state index is 0. The van der Waals surface area contributed by atoms with Gasteiger partial charge >= 0.3 is 23.1 Å². The number of benzene rings is 2. The first-order valence-corrected chi connectivity index (χ1v) is 8.42. The van der Waals surface area contributed by atoms with E-state index in [1.54, 1.807) is 24.3 Å². The van der Waals surface area contributed by atoms with Crippen molar-refractivity contribution >= 4 is 70.0 Å². The summed E-state index contributed by atoms with van der Waals surface area (Å²) in [4.78, 5) is 42.5. The van der Waals surface area contributed by atoms with E-state index in [2.05, 4.69) is 10.6 Å². The number of carbonyl (C=O) groups is 4. The van der Waals surface area contributed by atoms with Crippen LogP contribution in [0.4, 0.5) is 0 Å². The van der Waals surface area contributed by atoms with E-state index < -0.39 is 36.8 Å². The minimum atomic E-state index is -1.33. The summed E-state index contributed by atoms with van der Waals surface area (Å²) in [6, 6.07) is 12.2. The predicted molar refractivity (Wildman–Crippen MR) is 103 cm³/mol. The molecule has 0 heterocycles. The average molecular weight is 450 g/mol. The number of amides is 2. The van der Waals surface area contributed by atoms with Crippen molar-refractivity contribution in [3.8, 4) is 0 Å². The molecule has 0 aromatic heterocycles. The first kappa shape index (κ1) is 26.7. The number of nitrogens with one attached hydrogen (secondary N) is 2. The Labute approximate surface area is 192 Å². The van der Waals surface area contributed by atoms with E-state index in [9.17, 15) is 29.4 Å². The fraction of sp³-hybridized carbons (Fsp3) is 0.111. The zero-order valence-corrected chi connectivity index (χ0v) is 17.9. The Morgan fingerprint density at radius 3 is 1.17 bits per heavy atom. The van der Waals surface area contributed by atoms with E-state index in [0.717, 1.165) is 0 Å². The van der Waals surface area contributed by atoms with Crippen LogP contribution >= 0.6 is 23.2 Å². The van der Waals surface area contributed by atoms with Crippen molar-refractivity contribution in [1.82, 2.24) is 10.6 Å². The molecule has 2 amide bonds. The number of carbonyl (C=O) groups excluding carboxylic acids is 4. The molecule has 29 heavy (non-hydrogen) atoms. The molecule has 0 aliphatic heterocycles. The van der Waals surface area contributed by atoms with Crippen molar-refractivity contribution in [1.29, 1.82) is 0 Å². The molecule has 0 aliphatic rings. The van der Waals surface area contributed by atoms with E-state index in [1.807, 2.05) is 0 Å². The molecule has 0 spiro atoms. The summed E-state index contributed by atoms with van der Waals surface area (Å²) in [5.74, 6) is -3.59. The van der Waals surface area contributed by atoms with Crippen LogP contribution in [0.5, 0.6) is 0 Å². The molecular weight excluding hydrogens is 435 g/mol. The van der Waals surface area contributed by atoms with Crippen LogP contribution in [0, 0.1) is 0 Å². The second-order valence-corrected chi connectivity index (χ2v) is 6.00. The number of carboxylic acids is 2. The van der Waals surface area contributed by atoms with Crippen LogP contribution in [0.15, 0.2) is 48.5 Å². The Morgan fingerprint density at radius 1 is 0.655 bits per heavy atom. The molecular formula is C18H14Cl2MgN2O6. The van der Waals surface area contributed by atoms with E-state index in [0.29, 0.717) is 21.2 Å². The third-order valence-electron chi connectivity index (χ3n) is 3.00. The number of hydrogen-bond acceptors (Lipinski definition) is 6. The second-order valence-electron chi connectivity index (χ2n) is 5.12. The molecule has 2 rings (SSSR count). The van der Waals surface area contributed by atoms with Gasteiger partial charge in [-0.2, -0.15) is 0 Å². The summed E-state index contributed by atoms with van der Waals surface area (Å²) in [5.41, 5.74) is 0.714. The standard InChI is InChI=1S/2C9H8ClNO3.Mg/c2*10-7-3-1-6(2-4-7)9(14)11-5-8(12)13;/h2*1-4H,5H2,(H,11,14)(H,12,13);/q;;+2/p-2. The molecule has 0 fully saturated rings. The zero-order chi connectivity index (χ0) is 21.1. The van der Waals surface area contributed by atoms with Crippen molar-refractivity contribution < 1.29 is 29.4 Å². The normalized spacial score (nSPS) is 9.17. The fourth-order valence-electron chi connectivity index (χ4n) is 1.71. The van der Waals surface area contributed by atoms with E-state index in [4.69, 9.17) is 23.2 Å². The van der Waals surface area contributed by atoms with E-state index in [-0.39, 0.29) is 23.1 Å². The molecule has 8 nitrogen and oxygen atoms in total. The fourth-order valence-corrected chi connectivity index (χ4v) is 1.96. The summed E-state index contributed by atoms with van der Waals surface area (Å²) in [7, 11) is 0. The first-order valence-electron chi connectivity index (χ1n) is 7.66. The molecule has 0 saturated heterocycles. The summed E-state index contributed by atoms with van der Waals surface area (Å²) < 4.78 is 0. The van der Waals surface area contributed by atoms with Gasteiger partial charge in [0.2, 0.25) is 0 Å². The number of halogens is 2. The van der Waals surface area contributed by atoms with Crippen molar-refractivity contribution in [3.05, 3.63) is 69.7 Å². The number of rotatable bonds is 6. The molecule has 0 aliphatic carbocycles. The average Bonchev–Trinajstić information content (AvgIpc) is 2.65. The third kappa shape index (κ3) is 11.3. The number of aliphatic carboxylic acids is 2. The SMILES string of the molecule is O=C([O-])CNC(=O)c1ccc(Cl)cc1.O=C([O-])CNC(=O)c1ccc(Cl)cc1.[Mg+2]. The van der Waals surface area contributed by atoms with Crippen LogP contribution in [-0.4, -0.2) is 59.9 Å². The van der Waals surface area contributed by atoms with Crippen LogP contribution in [0.25, 0.3) is 0 Å². The van der Waals surface area contributed by atoms with E-state index >= 15 is 0 Å². The van der Waals surface area contributed by atoms with Crippen molar-refractivity contribution in [2.75, 3.05) is 13.1 Å². The van der Waals surface area contributed by atoms with Gasteiger partial charge in [-0.3, -0.25) is 9.59 Å². The monoisotopic (exact) mass is 448 g/mol. The van der Waals surface area contributed by atoms with Crippen LogP contribution in [-0.2, 0) is 9.59 Å². The summed E-state index contributed by atoms with van der Waals surface area (Å²) in [6.07, 6.45) is 0. The topological polar surface area (TPSA) is 138 Å². The summed E-state index contributed by atoms with van der Waals surface area (Å²) in [5, 5.41) is 25.5. The van der Waals surface area contributed by atoms with Gasteiger partial charge in [0.1, 0.15) is 0 Å². The summed E-state index contributed by atoms with van der Waals surface area (Å²) >= 11 is 11.2.